The van der Waals surface area contributed by atoms with Gasteiger partial charge in [-0.05, 0) is 50.1 Å². The number of nitrogens with zero attached hydrogens (tertiary/aromatic N) is 1. The lowest BCUT2D eigenvalue weighted by molar-refractivity contribution is 0.134. The van der Waals surface area contributed by atoms with Crippen LogP contribution in [0.25, 0.3) is 0 Å². The maximum absolute atomic E-state index is 12.3. The third-order valence-corrected chi connectivity index (χ3v) is 5.57. The summed E-state index contributed by atoms with van der Waals surface area (Å²) in [4.78, 5) is 14.4. The molecule has 0 aromatic heterocycles. The first-order valence-electron chi connectivity index (χ1n) is 8.62. The van der Waals surface area contributed by atoms with Gasteiger partial charge in [-0.2, -0.15) is 0 Å². The van der Waals surface area contributed by atoms with Crippen LogP contribution in [0.15, 0.2) is 42.6 Å². The zero-order valence-electron chi connectivity index (χ0n) is 14.2. The Kier molecular flexibility index (Phi) is 5.60. The summed E-state index contributed by atoms with van der Waals surface area (Å²) in [5, 5.41) is 4.10. The summed E-state index contributed by atoms with van der Waals surface area (Å²) in [6, 6.07) is 5.51. The Labute approximate surface area is 158 Å². The number of anilines is 1. The van der Waals surface area contributed by atoms with Crippen LogP contribution in [0.4, 0.5) is 10.5 Å². The molecule has 4 nitrogen and oxygen atoms in total. The van der Waals surface area contributed by atoms with E-state index >= 15 is 0 Å². The number of ether oxygens (including phenoxy) is 1. The Morgan fingerprint density at radius 1 is 1.28 bits per heavy atom. The van der Waals surface area contributed by atoms with Crippen molar-refractivity contribution in [2.24, 2.45) is 5.92 Å². The number of halogens is 2. The first-order valence-corrected chi connectivity index (χ1v) is 9.38. The predicted molar refractivity (Wildman–Crippen MR) is 102 cm³/mol. The Bertz CT molecular complexity index is 699. The van der Waals surface area contributed by atoms with Crippen molar-refractivity contribution in [1.29, 1.82) is 0 Å². The first kappa shape index (κ1) is 18.2. The molecule has 1 aliphatic heterocycles. The highest BCUT2D eigenvalue weighted by Gasteiger charge is 2.45. The summed E-state index contributed by atoms with van der Waals surface area (Å²) >= 11 is 12.3. The van der Waals surface area contributed by atoms with Crippen LogP contribution in [0.5, 0.6) is 0 Å². The number of allylic oxidation sites excluding steroid dienone is 2. The van der Waals surface area contributed by atoms with E-state index in [1.807, 2.05) is 36.6 Å². The summed E-state index contributed by atoms with van der Waals surface area (Å²) in [6.07, 6.45) is 11.9. The molecule has 0 saturated heterocycles. The SMILES string of the molecule is CCOC(=O)NC1(C2CCCC2)C=CC=CN1c1ccc(Cl)c(Cl)c1. The van der Waals surface area contributed by atoms with E-state index in [0.717, 1.165) is 31.4 Å². The highest BCUT2D eigenvalue weighted by atomic mass is 35.5. The van der Waals surface area contributed by atoms with Crippen molar-refractivity contribution in [2.45, 2.75) is 38.3 Å². The van der Waals surface area contributed by atoms with Crippen molar-refractivity contribution in [1.82, 2.24) is 5.32 Å². The van der Waals surface area contributed by atoms with E-state index in [0.29, 0.717) is 16.7 Å². The molecule has 1 N–H and O–H groups in total. The molecule has 6 heteroatoms. The molecular formula is C19H22Cl2N2O2. The predicted octanol–water partition coefficient (Wildman–Crippen LogP) is 5.52. The highest BCUT2D eigenvalue weighted by Crippen LogP contribution is 2.42. The lowest BCUT2D eigenvalue weighted by Gasteiger charge is -2.47. The zero-order valence-corrected chi connectivity index (χ0v) is 15.7. The topological polar surface area (TPSA) is 41.6 Å². The van der Waals surface area contributed by atoms with E-state index < -0.39 is 11.8 Å². The number of carbonyl (C=O) groups is 1. The molecule has 0 radical (unpaired) electrons. The molecule has 1 aromatic rings. The average Bonchev–Trinajstić information content (AvgIpc) is 3.13. The van der Waals surface area contributed by atoms with Gasteiger partial charge in [0.25, 0.3) is 0 Å². The highest BCUT2D eigenvalue weighted by molar-refractivity contribution is 6.42. The average molecular weight is 381 g/mol. The number of amides is 1. The van der Waals surface area contributed by atoms with E-state index in [1.54, 1.807) is 13.0 Å². The molecule has 1 saturated carbocycles. The molecule has 3 rings (SSSR count). The summed E-state index contributed by atoms with van der Waals surface area (Å²) in [5.41, 5.74) is 0.202. The minimum atomic E-state index is -0.672. The molecule has 1 amide bonds. The second-order valence-electron chi connectivity index (χ2n) is 6.32. The standard InChI is InChI=1S/C19H22Cl2N2O2/c1-2-25-18(24)22-19(14-7-3-4-8-14)11-5-6-12-23(19)15-9-10-16(20)17(21)13-15/h5-6,9-14H,2-4,7-8H2,1H3,(H,22,24). The molecule has 1 aromatic carbocycles. The fourth-order valence-corrected chi connectivity index (χ4v) is 4.00. The first-order chi connectivity index (χ1) is 12.1. The second-order valence-corrected chi connectivity index (χ2v) is 7.14. The minimum Gasteiger partial charge on any atom is -0.450 e. The molecule has 1 aliphatic carbocycles. The van der Waals surface area contributed by atoms with Crippen LogP contribution in [0.2, 0.25) is 10.0 Å². The summed E-state index contributed by atoms with van der Waals surface area (Å²) in [6.45, 7) is 2.13. The quantitative estimate of drug-likeness (QED) is 0.747. The van der Waals surface area contributed by atoms with Gasteiger partial charge in [0, 0.05) is 17.8 Å². The van der Waals surface area contributed by atoms with Gasteiger partial charge in [0.2, 0.25) is 0 Å². The fraction of sp³-hybridized carbons (Fsp3) is 0.421. The van der Waals surface area contributed by atoms with Crippen LogP contribution in [0.3, 0.4) is 0 Å². The van der Waals surface area contributed by atoms with E-state index in [-0.39, 0.29) is 5.92 Å². The van der Waals surface area contributed by atoms with E-state index in [4.69, 9.17) is 27.9 Å². The number of carbonyl (C=O) groups excluding carboxylic acids is 1. The van der Waals surface area contributed by atoms with Crippen LogP contribution in [-0.2, 0) is 4.74 Å². The van der Waals surface area contributed by atoms with Gasteiger partial charge in [0.05, 0.1) is 16.7 Å². The summed E-state index contributed by atoms with van der Waals surface area (Å²) < 4.78 is 5.17. The minimum absolute atomic E-state index is 0.285. The van der Waals surface area contributed by atoms with Gasteiger partial charge in [0.15, 0.2) is 0 Å². The van der Waals surface area contributed by atoms with Gasteiger partial charge >= 0.3 is 6.09 Å². The summed E-state index contributed by atoms with van der Waals surface area (Å²) in [7, 11) is 0. The van der Waals surface area contributed by atoms with Crippen molar-refractivity contribution < 1.29 is 9.53 Å². The lowest BCUT2D eigenvalue weighted by atomic mass is 9.87. The Balaban J connectivity index is 2.02. The van der Waals surface area contributed by atoms with Gasteiger partial charge in [-0.3, -0.25) is 5.32 Å². The molecule has 134 valence electrons. The van der Waals surface area contributed by atoms with Gasteiger partial charge < -0.3 is 9.64 Å². The maximum atomic E-state index is 12.3. The fourth-order valence-electron chi connectivity index (χ4n) is 3.71. The van der Waals surface area contributed by atoms with Crippen molar-refractivity contribution in [3.63, 3.8) is 0 Å². The van der Waals surface area contributed by atoms with Crippen LogP contribution < -0.4 is 10.2 Å². The number of benzene rings is 1. The Morgan fingerprint density at radius 2 is 2.04 bits per heavy atom. The number of nitrogens with one attached hydrogen (secondary N) is 1. The molecule has 25 heavy (non-hydrogen) atoms. The largest absolute Gasteiger partial charge is 0.450 e. The van der Waals surface area contributed by atoms with Crippen molar-refractivity contribution in [2.75, 3.05) is 11.5 Å². The normalized spacial score (nSPS) is 23.1. The van der Waals surface area contributed by atoms with Gasteiger partial charge in [-0.25, -0.2) is 4.79 Å². The number of rotatable bonds is 4. The van der Waals surface area contributed by atoms with E-state index in [2.05, 4.69) is 10.2 Å². The van der Waals surface area contributed by atoms with Gasteiger partial charge in [0.1, 0.15) is 5.66 Å². The van der Waals surface area contributed by atoms with E-state index in [1.165, 1.54) is 0 Å². The van der Waals surface area contributed by atoms with Crippen molar-refractivity contribution in [3.05, 3.63) is 52.7 Å². The van der Waals surface area contributed by atoms with Gasteiger partial charge in [-0.15, -0.1) is 0 Å². The smallest absolute Gasteiger partial charge is 0.409 e. The second kappa shape index (κ2) is 7.71. The van der Waals surface area contributed by atoms with Crippen molar-refractivity contribution in [3.8, 4) is 0 Å². The van der Waals surface area contributed by atoms with E-state index in [9.17, 15) is 4.79 Å². The third kappa shape index (κ3) is 3.65. The molecule has 0 bridgehead atoms. The monoisotopic (exact) mass is 380 g/mol. The number of hydrogen-bond donors (Lipinski definition) is 1. The molecule has 1 atom stereocenters. The van der Waals surface area contributed by atoms with Crippen LogP contribution in [-0.4, -0.2) is 18.4 Å². The third-order valence-electron chi connectivity index (χ3n) is 4.83. The molecule has 0 spiro atoms. The Hall–Kier alpha value is -1.65. The van der Waals surface area contributed by atoms with Crippen molar-refractivity contribution >= 4 is 35.0 Å². The molecule has 1 heterocycles. The molecular weight excluding hydrogens is 359 g/mol. The number of alkyl carbamates (subject to hydrolysis) is 1. The Morgan fingerprint density at radius 3 is 2.72 bits per heavy atom. The molecule has 1 unspecified atom stereocenters. The molecule has 1 fully saturated rings. The van der Waals surface area contributed by atoms with Gasteiger partial charge in [-0.1, -0.05) is 42.1 Å². The maximum Gasteiger partial charge on any atom is 0.409 e. The lowest BCUT2D eigenvalue weighted by Crippen LogP contribution is -2.62. The van der Waals surface area contributed by atoms with Crippen LogP contribution in [0, 0.1) is 5.92 Å². The number of hydrogen-bond acceptors (Lipinski definition) is 3. The molecule has 2 aliphatic rings. The van der Waals surface area contributed by atoms with Crippen LogP contribution >= 0.6 is 23.2 Å². The van der Waals surface area contributed by atoms with Crippen LogP contribution in [0.1, 0.15) is 32.6 Å². The summed E-state index contributed by atoms with van der Waals surface area (Å²) in [5.74, 6) is 0.285. The zero-order chi connectivity index (χ0) is 17.9.